The van der Waals surface area contributed by atoms with Crippen molar-refractivity contribution in [1.29, 1.82) is 0 Å². The van der Waals surface area contributed by atoms with Gasteiger partial charge < -0.3 is 19.3 Å². The monoisotopic (exact) mass is 476 g/mol. The molecule has 0 aromatic heterocycles. The zero-order chi connectivity index (χ0) is 24.2. The molecular weight excluding hydrogens is 440 g/mol. The third-order valence-electron chi connectivity index (χ3n) is 7.40. The number of carbonyl (C=O) groups excluding carboxylic acids is 2. The van der Waals surface area contributed by atoms with E-state index in [-0.39, 0.29) is 24.5 Å². The van der Waals surface area contributed by atoms with Crippen molar-refractivity contribution < 1.29 is 19.1 Å². The molecular formula is C29H36N2O4. The zero-order valence-corrected chi connectivity index (χ0v) is 20.7. The van der Waals surface area contributed by atoms with Crippen molar-refractivity contribution >= 4 is 11.8 Å². The molecule has 0 bridgehead atoms. The van der Waals surface area contributed by atoms with Gasteiger partial charge in [0.25, 0.3) is 11.8 Å². The molecule has 1 unspecified atom stereocenters. The smallest absolute Gasteiger partial charge is 0.260 e. The summed E-state index contributed by atoms with van der Waals surface area (Å²) in [6, 6.07) is 14.4. The average Bonchev–Trinajstić information content (AvgIpc) is 3.74. The van der Waals surface area contributed by atoms with Gasteiger partial charge in [0.2, 0.25) is 0 Å². The van der Waals surface area contributed by atoms with Crippen LogP contribution in [0.4, 0.5) is 0 Å². The van der Waals surface area contributed by atoms with Crippen molar-refractivity contribution in [1.82, 2.24) is 9.80 Å². The third kappa shape index (κ3) is 5.31. The van der Waals surface area contributed by atoms with E-state index in [1.165, 1.54) is 17.5 Å². The summed E-state index contributed by atoms with van der Waals surface area (Å²) in [5.74, 6) is 1.08. The molecule has 1 atom stereocenters. The van der Waals surface area contributed by atoms with E-state index in [2.05, 4.69) is 29.2 Å². The lowest BCUT2D eigenvalue weighted by atomic mass is 9.86. The van der Waals surface area contributed by atoms with Crippen molar-refractivity contribution in [3.05, 3.63) is 59.2 Å². The number of likely N-dealkylation sites (tertiary alicyclic amines) is 1. The number of piperidine rings is 1. The molecule has 0 spiro atoms. The van der Waals surface area contributed by atoms with E-state index in [0.29, 0.717) is 29.7 Å². The van der Waals surface area contributed by atoms with Crippen molar-refractivity contribution in [3.63, 3.8) is 0 Å². The Morgan fingerprint density at radius 3 is 2.51 bits per heavy atom. The maximum absolute atomic E-state index is 13.8. The summed E-state index contributed by atoms with van der Waals surface area (Å²) >= 11 is 0. The van der Waals surface area contributed by atoms with Crippen molar-refractivity contribution in [2.75, 3.05) is 26.3 Å². The molecule has 2 aromatic carbocycles. The third-order valence-corrected chi connectivity index (χ3v) is 7.40. The maximum Gasteiger partial charge on any atom is 0.260 e. The average molecular weight is 477 g/mol. The standard InChI is InChI=1S/C29H36N2O4/c1-2-34-27-19-22(13-16-26(27)35-20-28(32)30-17-6-3-7-18-30)29(33)31(23-14-15-23)25-12-8-10-21-9-4-5-11-24(21)25/h4-5,9,11,13,16,19,23,25H,2-3,6-8,10,12,14-15,17-18,20H2,1H3. The van der Waals surface area contributed by atoms with Crippen LogP contribution in [0, 0.1) is 0 Å². The second kappa shape index (κ2) is 10.7. The quantitative estimate of drug-likeness (QED) is 0.528. The molecule has 3 aliphatic rings. The minimum atomic E-state index is -0.0135. The highest BCUT2D eigenvalue weighted by atomic mass is 16.5. The Hall–Kier alpha value is -3.02. The molecule has 2 aliphatic carbocycles. The molecule has 6 heteroatoms. The van der Waals surface area contributed by atoms with Crippen LogP contribution in [-0.2, 0) is 11.2 Å². The Kier molecular flexibility index (Phi) is 7.26. The summed E-state index contributed by atoms with van der Waals surface area (Å²) in [4.78, 5) is 30.4. The summed E-state index contributed by atoms with van der Waals surface area (Å²) in [5.41, 5.74) is 3.26. The number of nitrogens with zero attached hydrogens (tertiary/aromatic N) is 2. The lowest BCUT2D eigenvalue weighted by Gasteiger charge is -2.36. The van der Waals surface area contributed by atoms with E-state index in [0.717, 1.165) is 58.0 Å². The SMILES string of the molecule is CCOc1cc(C(=O)N(C2CC2)C2CCCc3ccccc32)ccc1OCC(=O)N1CCCCC1. The Morgan fingerprint density at radius 2 is 1.74 bits per heavy atom. The second-order valence-corrected chi connectivity index (χ2v) is 9.88. The molecule has 1 saturated carbocycles. The van der Waals surface area contributed by atoms with Gasteiger partial charge in [0, 0.05) is 24.7 Å². The molecule has 186 valence electrons. The Balaban J connectivity index is 1.34. The van der Waals surface area contributed by atoms with E-state index >= 15 is 0 Å². The minimum absolute atomic E-state index is 0.00294. The number of fused-ring (bicyclic) bond motifs is 1. The highest BCUT2D eigenvalue weighted by molar-refractivity contribution is 5.95. The molecule has 35 heavy (non-hydrogen) atoms. The van der Waals surface area contributed by atoms with Crippen molar-refractivity contribution in [2.45, 2.75) is 70.4 Å². The summed E-state index contributed by atoms with van der Waals surface area (Å²) in [7, 11) is 0. The van der Waals surface area contributed by atoms with Crippen LogP contribution in [-0.4, -0.2) is 54.0 Å². The number of carbonyl (C=O) groups is 2. The van der Waals surface area contributed by atoms with Gasteiger partial charge in [-0.05, 0) is 87.6 Å². The topological polar surface area (TPSA) is 59.1 Å². The number of benzene rings is 2. The molecule has 1 saturated heterocycles. The van der Waals surface area contributed by atoms with E-state index in [1.54, 1.807) is 12.1 Å². The highest BCUT2D eigenvalue weighted by Crippen LogP contribution is 2.42. The fourth-order valence-corrected chi connectivity index (χ4v) is 5.48. The molecule has 1 aliphatic heterocycles. The molecule has 2 aromatic rings. The van der Waals surface area contributed by atoms with Crippen LogP contribution in [0.15, 0.2) is 42.5 Å². The number of aryl methyl sites for hydroxylation is 1. The van der Waals surface area contributed by atoms with Crippen LogP contribution >= 0.6 is 0 Å². The molecule has 1 heterocycles. The summed E-state index contributed by atoms with van der Waals surface area (Å²) < 4.78 is 11.7. The van der Waals surface area contributed by atoms with Gasteiger partial charge in [-0.15, -0.1) is 0 Å². The molecule has 6 nitrogen and oxygen atoms in total. The number of hydrogen-bond donors (Lipinski definition) is 0. The van der Waals surface area contributed by atoms with E-state index in [4.69, 9.17) is 9.47 Å². The van der Waals surface area contributed by atoms with Crippen LogP contribution < -0.4 is 9.47 Å². The van der Waals surface area contributed by atoms with Crippen LogP contribution in [0.3, 0.4) is 0 Å². The van der Waals surface area contributed by atoms with Crippen molar-refractivity contribution in [3.8, 4) is 11.5 Å². The van der Waals surface area contributed by atoms with Crippen LogP contribution in [0.25, 0.3) is 0 Å². The predicted molar refractivity (Wildman–Crippen MR) is 135 cm³/mol. The van der Waals surface area contributed by atoms with Gasteiger partial charge >= 0.3 is 0 Å². The maximum atomic E-state index is 13.8. The first-order valence-corrected chi connectivity index (χ1v) is 13.2. The molecule has 5 rings (SSSR count). The number of hydrogen-bond acceptors (Lipinski definition) is 4. The van der Waals surface area contributed by atoms with Gasteiger partial charge in [-0.3, -0.25) is 9.59 Å². The Labute approximate surface area is 208 Å². The summed E-state index contributed by atoms with van der Waals surface area (Å²) in [6.07, 6.45) is 8.57. The Bertz CT molecular complexity index is 1060. The van der Waals surface area contributed by atoms with Gasteiger partial charge in [0.05, 0.1) is 12.6 Å². The molecule has 0 N–H and O–H groups in total. The van der Waals surface area contributed by atoms with Gasteiger partial charge in [0.1, 0.15) is 0 Å². The molecule has 2 fully saturated rings. The largest absolute Gasteiger partial charge is 0.490 e. The lowest BCUT2D eigenvalue weighted by molar-refractivity contribution is -0.134. The van der Waals surface area contributed by atoms with Crippen LogP contribution in [0.1, 0.15) is 79.4 Å². The first-order chi connectivity index (χ1) is 17.2. The van der Waals surface area contributed by atoms with Crippen LogP contribution in [0.2, 0.25) is 0 Å². The lowest BCUT2D eigenvalue weighted by Crippen LogP contribution is -2.38. The van der Waals surface area contributed by atoms with E-state index < -0.39 is 0 Å². The van der Waals surface area contributed by atoms with Gasteiger partial charge in [-0.1, -0.05) is 24.3 Å². The van der Waals surface area contributed by atoms with Crippen molar-refractivity contribution in [2.24, 2.45) is 0 Å². The number of amides is 2. The minimum Gasteiger partial charge on any atom is -0.490 e. The number of rotatable bonds is 8. The molecule has 0 radical (unpaired) electrons. The fraction of sp³-hybridized carbons (Fsp3) is 0.517. The summed E-state index contributed by atoms with van der Waals surface area (Å²) in [6.45, 7) is 3.95. The number of ether oxygens (including phenoxy) is 2. The van der Waals surface area contributed by atoms with Gasteiger partial charge in [-0.2, -0.15) is 0 Å². The predicted octanol–water partition coefficient (Wildman–Crippen LogP) is 5.16. The van der Waals surface area contributed by atoms with E-state index in [9.17, 15) is 9.59 Å². The normalized spacial score (nSPS) is 19.6. The first-order valence-electron chi connectivity index (χ1n) is 13.2. The van der Waals surface area contributed by atoms with Gasteiger partial charge in [-0.25, -0.2) is 0 Å². The first kappa shape index (κ1) is 23.7. The fourth-order valence-electron chi connectivity index (χ4n) is 5.48. The highest BCUT2D eigenvalue weighted by Gasteiger charge is 2.40. The molecule has 2 amide bonds. The summed E-state index contributed by atoms with van der Waals surface area (Å²) in [5, 5.41) is 0. The second-order valence-electron chi connectivity index (χ2n) is 9.88. The zero-order valence-electron chi connectivity index (χ0n) is 20.7. The van der Waals surface area contributed by atoms with Crippen LogP contribution in [0.5, 0.6) is 11.5 Å². The Morgan fingerprint density at radius 1 is 0.943 bits per heavy atom. The van der Waals surface area contributed by atoms with E-state index in [1.807, 2.05) is 17.9 Å². The van der Waals surface area contributed by atoms with Gasteiger partial charge in [0.15, 0.2) is 18.1 Å².